The van der Waals surface area contributed by atoms with Crippen LogP contribution in [0.4, 0.5) is 0 Å². The number of hydrogen-bond acceptors (Lipinski definition) is 6. The summed E-state index contributed by atoms with van der Waals surface area (Å²) >= 11 is 2.59. The number of allylic oxidation sites excluding steroid dienone is 2. The Hall–Kier alpha value is -1.26. The van der Waals surface area contributed by atoms with Crippen molar-refractivity contribution in [1.82, 2.24) is 4.90 Å². The van der Waals surface area contributed by atoms with E-state index in [1.165, 1.54) is 28.4 Å². The van der Waals surface area contributed by atoms with Gasteiger partial charge in [0.2, 0.25) is 18.0 Å². The van der Waals surface area contributed by atoms with Gasteiger partial charge >= 0.3 is 0 Å². The Kier molecular flexibility index (Phi) is 4.66. The lowest BCUT2D eigenvalue weighted by molar-refractivity contribution is -0.138. The monoisotopic (exact) mass is 295 g/mol. The molecule has 0 saturated carbocycles. The van der Waals surface area contributed by atoms with E-state index in [0.717, 1.165) is 0 Å². The predicted octanol–water partition coefficient (Wildman–Crippen LogP) is 1.83. The van der Waals surface area contributed by atoms with Crippen molar-refractivity contribution in [3.8, 4) is 6.19 Å². The molecular weight excluding hydrogens is 282 g/mol. The maximum atomic E-state index is 12.2. The Bertz CT molecular complexity index is 470. The van der Waals surface area contributed by atoms with Crippen molar-refractivity contribution in [3.63, 3.8) is 0 Å². The zero-order valence-corrected chi connectivity index (χ0v) is 12.0. The van der Waals surface area contributed by atoms with Crippen LogP contribution in [-0.4, -0.2) is 33.2 Å². The number of aliphatic imine (C=N–C) groups is 1. The number of carbonyl (C=O) groups excluding carboxylic acids is 2. The molecule has 0 aromatic heterocycles. The first-order valence-corrected chi connectivity index (χ1v) is 8.04. The van der Waals surface area contributed by atoms with Crippen molar-refractivity contribution in [1.29, 1.82) is 5.26 Å². The molecule has 0 aromatic carbocycles. The molecular formula is C12H13N3O2S2. The highest BCUT2D eigenvalue weighted by Gasteiger charge is 2.47. The summed E-state index contributed by atoms with van der Waals surface area (Å²) in [7, 11) is 0. The lowest BCUT2D eigenvalue weighted by Crippen LogP contribution is -2.31. The second-order valence-corrected chi connectivity index (χ2v) is 6.20. The summed E-state index contributed by atoms with van der Waals surface area (Å²) in [5.74, 6) is -0.326. The fourth-order valence-corrected chi connectivity index (χ4v) is 3.65. The summed E-state index contributed by atoms with van der Waals surface area (Å²) in [5.41, 5.74) is 0. The highest BCUT2D eigenvalue weighted by molar-refractivity contribution is 8.38. The van der Waals surface area contributed by atoms with Crippen LogP contribution in [0, 0.1) is 23.3 Å². The number of fused-ring (bicyclic) bond motifs is 1. The van der Waals surface area contributed by atoms with Crippen LogP contribution in [0.25, 0.3) is 0 Å². The highest BCUT2D eigenvalue weighted by Crippen LogP contribution is 2.36. The molecule has 100 valence electrons. The van der Waals surface area contributed by atoms with Crippen LogP contribution >= 0.6 is 23.5 Å². The summed E-state index contributed by atoms with van der Waals surface area (Å²) in [6.07, 6.45) is 8.75. The molecule has 0 aromatic rings. The van der Waals surface area contributed by atoms with Gasteiger partial charge in [-0.05, 0) is 19.1 Å². The van der Waals surface area contributed by atoms with Crippen molar-refractivity contribution in [2.45, 2.75) is 12.8 Å². The number of hydrogen-bond donors (Lipinski definition) is 0. The molecule has 2 aliphatic rings. The van der Waals surface area contributed by atoms with Gasteiger partial charge in [0, 0.05) is 0 Å². The van der Waals surface area contributed by atoms with Crippen LogP contribution in [-0.2, 0) is 9.59 Å². The molecule has 0 bridgehead atoms. The summed E-state index contributed by atoms with van der Waals surface area (Å²) < 4.78 is 0.566. The smallest absolute Gasteiger partial charge is 0.234 e. The number of thioether (sulfide) groups is 2. The molecule has 2 amide bonds. The lowest BCUT2D eigenvalue weighted by Gasteiger charge is -2.14. The second-order valence-electron chi connectivity index (χ2n) is 4.22. The van der Waals surface area contributed by atoms with Gasteiger partial charge in [-0.25, -0.2) is 0 Å². The zero-order valence-electron chi connectivity index (χ0n) is 10.4. The van der Waals surface area contributed by atoms with Crippen LogP contribution in [0.15, 0.2) is 17.1 Å². The van der Waals surface area contributed by atoms with E-state index < -0.39 is 0 Å². The van der Waals surface area contributed by atoms with E-state index in [-0.39, 0.29) is 29.5 Å². The minimum atomic E-state index is -0.191. The van der Waals surface area contributed by atoms with Gasteiger partial charge in [-0.15, -0.1) is 11.8 Å². The van der Waals surface area contributed by atoms with E-state index in [1.54, 1.807) is 12.4 Å². The first-order chi connectivity index (χ1) is 9.19. The van der Waals surface area contributed by atoms with Crippen molar-refractivity contribution in [2.75, 3.05) is 12.1 Å². The van der Waals surface area contributed by atoms with E-state index >= 15 is 0 Å². The van der Waals surface area contributed by atoms with Crippen LogP contribution in [0.1, 0.15) is 12.8 Å². The number of rotatable bonds is 2. The lowest BCUT2D eigenvalue weighted by atomic mass is 9.85. The number of carbonyl (C=O) groups is 2. The minimum Gasteiger partial charge on any atom is -0.274 e. The molecule has 0 N–H and O–H groups in total. The molecule has 7 heteroatoms. The van der Waals surface area contributed by atoms with Gasteiger partial charge in [0.05, 0.1) is 17.7 Å². The van der Waals surface area contributed by atoms with Gasteiger partial charge in [-0.2, -0.15) is 10.3 Å². The van der Waals surface area contributed by atoms with Gasteiger partial charge in [-0.3, -0.25) is 14.5 Å². The maximum absolute atomic E-state index is 12.2. The average molecular weight is 295 g/mol. The molecule has 2 unspecified atom stereocenters. The Morgan fingerprint density at radius 2 is 2.00 bits per heavy atom. The topological polar surface area (TPSA) is 73.5 Å². The van der Waals surface area contributed by atoms with E-state index in [4.69, 9.17) is 5.26 Å². The molecule has 0 spiro atoms. The van der Waals surface area contributed by atoms with E-state index in [1.807, 2.05) is 12.2 Å². The average Bonchev–Trinajstić information content (AvgIpc) is 2.68. The fourth-order valence-electron chi connectivity index (χ4n) is 2.29. The number of imide groups is 1. The zero-order chi connectivity index (χ0) is 13.8. The normalized spacial score (nSPS) is 26.5. The number of likely N-dealkylation sites (tertiary alicyclic amines) is 1. The first kappa shape index (κ1) is 14.2. The van der Waals surface area contributed by atoms with Crippen molar-refractivity contribution < 1.29 is 9.59 Å². The molecule has 1 fully saturated rings. The van der Waals surface area contributed by atoms with E-state index in [9.17, 15) is 9.59 Å². The van der Waals surface area contributed by atoms with Crippen molar-refractivity contribution in [2.24, 2.45) is 16.8 Å². The SMILES string of the molecule is CSC(=NC#N)SCN1C(=O)C2CC=CCC2C1=O. The molecule has 1 aliphatic carbocycles. The van der Waals surface area contributed by atoms with Gasteiger partial charge in [-0.1, -0.05) is 23.9 Å². The van der Waals surface area contributed by atoms with Gasteiger partial charge < -0.3 is 0 Å². The number of nitrogens with zero attached hydrogens (tertiary/aromatic N) is 3. The molecule has 0 radical (unpaired) electrons. The van der Waals surface area contributed by atoms with Crippen LogP contribution in [0.2, 0.25) is 0 Å². The largest absolute Gasteiger partial charge is 0.274 e. The van der Waals surface area contributed by atoms with Crippen LogP contribution in [0.3, 0.4) is 0 Å². The molecule has 2 atom stereocenters. The van der Waals surface area contributed by atoms with Gasteiger partial charge in [0.1, 0.15) is 4.38 Å². The summed E-state index contributed by atoms with van der Waals surface area (Å²) in [4.78, 5) is 29.2. The summed E-state index contributed by atoms with van der Waals surface area (Å²) in [5, 5.41) is 8.51. The third-order valence-corrected chi connectivity index (χ3v) is 5.25. The van der Waals surface area contributed by atoms with Gasteiger partial charge in [0.15, 0.2) is 0 Å². The number of nitriles is 1. The van der Waals surface area contributed by atoms with Gasteiger partial charge in [0.25, 0.3) is 0 Å². The first-order valence-electron chi connectivity index (χ1n) is 5.82. The standard InChI is InChI=1S/C12H13N3O2S2/c1-18-12(14-6-13)19-7-15-10(16)8-4-2-3-5-9(8)11(15)17/h2-3,8-9H,4-5,7H2,1H3. The Morgan fingerprint density at radius 3 is 2.47 bits per heavy atom. The quantitative estimate of drug-likeness (QED) is 0.255. The summed E-state index contributed by atoms with van der Waals surface area (Å²) in [6.45, 7) is 0. The van der Waals surface area contributed by atoms with E-state index in [2.05, 4.69) is 4.99 Å². The molecule has 2 rings (SSSR count). The maximum Gasteiger partial charge on any atom is 0.234 e. The third-order valence-electron chi connectivity index (χ3n) is 3.23. The minimum absolute atomic E-state index is 0.0933. The Balaban J connectivity index is 2.02. The molecule has 1 heterocycles. The molecule has 1 aliphatic heterocycles. The predicted molar refractivity (Wildman–Crippen MR) is 76.2 cm³/mol. The van der Waals surface area contributed by atoms with Crippen molar-refractivity contribution in [3.05, 3.63) is 12.2 Å². The summed E-state index contributed by atoms with van der Waals surface area (Å²) in [6, 6.07) is 0. The molecule has 5 nitrogen and oxygen atoms in total. The molecule has 1 saturated heterocycles. The highest BCUT2D eigenvalue weighted by atomic mass is 32.2. The van der Waals surface area contributed by atoms with Crippen molar-refractivity contribution >= 4 is 39.7 Å². The van der Waals surface area contributed by atoms with E-state index in [0.29, 0.717) is 17.2 Å². The molecule has 19 heavy (non-hydrogen) atoms. The Morgan fingerprint density at radius 1 is 1.42 bits per heavy atom. The van der Waals surface area contributed by atoms with Crippen LogP contribution in [0.5, 0.6) is 0 Å². The third kappa shape index (κ3) is 2.85. The Labute approximate surface area is 120 Å². The second kappa shape index (κ2) is 6.26. The fraction of sp³-hybridized carbons (Fsp3) is 0.500. The van der Waals surface area contributed by atoms with Crippen LogP contribution < -0.4 is 0 Å². The number of amides is 2.